The number of aryl methyl sites for hydroxylation is 2. The second-order valence-corrected chi connectivity index (χ2v) is 24.9. The molecule has 2 aliphatic carbocycles. The maximum atomic E-state index is 14.9. The molecule has 8 atom stereocenters. The molecule has 4 aromatic carbocycles. The van der Waals surface area contributed by atoms with E-state index in [2.05, 4.69) is 76.8 Å². The molecule has 85 heavy (non-hydrogen) atoms. The molecule has 10 rings (SSSR count). The number of rotatable bonds is 18. The molecular formula is C63H80Cl2N14O6. The third-order valence-corrected chi connectivity index (χ3v) is 17.2. The quantitative estimate of drug-likeness (QED) is 0.0562. The van der Waals surface area contributed by atoms with E-state index in [-0.39, 0.29) is 86.2 Å². The molecule has 452 valence electrons. The summed E-state index contributed by atoms with van der Waals surface area (Å²) in [6, 6.07) is 25.8. The number of nitrogens with one attached hydrogen (secondary N) is 6. The first-order valence-corrected chi connectivity index (χ1v) is 29.0. The molecule has 4 aliphatic rings. The lowest BCUT2D eigenvalue weighted by Crippen LogP contribution is -2.59. The van der Waals surface area contributed by atoms with E-state index < -0.39 is 71.2 Å². The fourth-order valence-corrected chi connectivity index (χ4v) is 12.2. The number of carbonyl (C=O) groups is 6. The molecule has 6 amide bonds. The summed E-state index contributed by atoms with van der Waals surface area (Å²) in [6.07, 6.45) is 6.01. The van der Waals surface area contributed by atoms with Gasteiger partial charge in [-0.1, -0.05) is 149 Å². The monoisotopic (exact) mass is 1200 g/mol. The number of likely N-dealkylation sites (N-methyl/N-ethyl adjacent to an activating group) is 2. The predicted molar refractivity (Wildman–Crippen MR) is 328 cm³/mol. The summed E-state index contributed by atoms with van der Waals surface area (Å²) in [7, 11) is 3.37. The fourth-order valence-electron chi connectivity index (χ4n) is 12.2. The van der Waals surface area contributed by atoms with E-state index in [9.17, 15) is 28.8 Å². The van der Waals surface area contributed by atoms with E-state index in [1.807, 2.05) is 127 Å². The molecule has 2 aromatic heterocycles. The number of amides is 6. The summed E-state index contributed by atoms with van der Waals surface area (Å²) in [5, 5.41) is 36.7. The lowest BCUT2D eigenvalue weighted by atomic mass is 9.85. The number of fused-ring (bicyclic) bond motifs is 6. The summed E-state index contributed by atoms with van der Waals surface area (Å²) in [6.45, 7) is 15.2. The van der Waals surface area contributed by atoms with E-state index in [0.29, 0.717) is 19.3 Å². The third kappa shape index (κ3) is 13.0. The lowest BCUT2D eigenvalue weighted by Gasteiger charge is -2.36. The van der Waals surface area contributed by atoms with Gasteiger partial charge in [0.15, 0.2) is 0 Å². The first-order chi connectivity index (χ1) is 39.6. The first kappa shape index (κ1) is 63.5. The van der Waals surface area contributed by atoms with Gasteiger partial charge in [-0.05, 0) is 103 Å². The normalized spacial score (nSPS) is 19.5. The van der Waals surface area contributed by atoms with Gasteiger partial charge < -0.3 is 41.7 Å². The second-order valence-electron chi connectivity index (χ2n) is 24.9. The highest BCUT2D eigenvalue weighted by Crippen LogP contribution is 2.45. The molecule has 0 radical (unpaired) electrons. The molecule has 2 fully saturated rings. The van der Waals surface area contributed by atoms with Crippen LogP contribution in [0.5, 0.6) is 0 Å². The van der Waals surface area contributed by atoms with Gasteiger partial charge >= 0.3 is 0 Å². The van der Waals surface area contributed by atoms with Crippen molar-refractivity contribution in [3.8, 4) is 22.3 Å². The molecule has 22 heteroatoms. The van der Waals surface area contributed by atoms with Crippen LogP contribution in [-0.2, 0) is 41.6 Å². The molecule has 4 heterocycles. The Morgan fingerprint density at radius 3 is 1.14 bits per heavy atom. The van der Waals surface area contributed by atoms with E-state index in [0.717, 1.165) is 55.9 Å². The van der Waals surface area contributed by atoms with E-state index in [1.54, 1.807) is 47.1 Å². The largest absolute Gasteiger partial charge is 0.343 e. The SMILES string of the molecule is CN[C@@H](C)C(=O)N[C@H](C(=O)N1C[C@@H](n2cc(CCCc3cn([C@H]4C[C@@H](C(=O)NC5c6ccccc6-c6ccccc65)N(C(=O)[C@@H](NC(=O)[C@H](C)NC)C(C)(C)C)C4)nn3)nn2)C[C@H]1C(=O)NC1c2ccccc2-c2ccccc21)C(C)(C)C.Cl.Cl. The van der Waals surface area contributed by atoms with Crippen molar-refractivity contribution >= 4 is 60.3 Å². The Morgan fingerprint density at radius 2 is 0.835 bits per heavy atom. The van der Waals surface area contributed by atoms with Crippen LogP contribution in [0.3, 0.4) is 0 Å². The average Bonchev–Trinajstić information content (AvgIpc) is 2.19. The van der Waals surface area contributed by atoms with E-state index in [1.165, 1.54) is 0 Å². The van der Waals surface area contributed by atoms with Crippen LogP contribution in [0.4, 0.5) is 0 Å². The van der Waals surface area contributed by atoms with Gasteiger partial charge in [-0.15, -0.1) is 35.0 Å². The van der Waals surface area contributed by atoms with Gasteiger partial charge in [0, 0.05) is 38.3 Å². The third-order valence-electron chi connectivity index (χ3n) is 17.2. The highest BCUT2D eigenvalue weighted by molar-refractivity contribution is 5.96. The Kier molecular flexibility index (Phi) is 19.4. The minimum atomic E-state index is -0.931. The summed E-state index contributed by atoms with van der Waals surface area (Å²) < 4.78 is 3.49. The minimum Gasteiger partial charge on any atom is -0.343 e. The number of hydrogen-bond acceptors (Lipinski definition) is 12. The Bertz CT molecular complexity index is 3110. The Hall–Kier alpha value is -7.52. The number of hydrogen-bond donors (Lipinski definition) is 6. The van der Waals surface area contributed by atoms with Crippen LogP contribution in [0, 0.1) is 10.8 Å². The van der Waals surface area contributed by atoms with Crippen molar-refractivity contribution in [1.82, 2.24) is 71.7 Å². The maximum Gasteiger partial charge on any atom is 0.246 e. The molecule has 20 nitrogen and oxygen atoms in total. The number of aromatic nitrogens is 6. The number of benzene rings is 4. The highest BCUT2D eigenvalue weighted by atomic mass is 35.5. The molecule has 0 saturated carbocycles. The second kappa shape index (κ2) is 26.0. The van der Waals surface area contributed by atoms with Crippen molar-refractivity contribution in [3.63, 3.8) is 0 Å². The van der Waals surface area contributed by atoms with Crippen molar-refractivity contribution in [3.05, 3.63) is 143 Å². The topological polar surface area (TPSA) is 242 Å². The Morgan fingerprint density at radius 1 is 0.518 bits per heavy atom. The molecule has 6 aromatic rings. The summed E-state index contributed by atoms with van der Waals surface area (Å²) in [5.41, 5.74) is 8.19. The van der Waals surface area contributed by atoms with Gasteiger partial charge in [-0.3, -0.25) is 28.8 Å². The zero-order valence-electron chi connectivity index (χ0n) is 50.0. The van der Waals surface area contributed by atoms with Gasteiger partial charge in [-0.25, -0.2) is 9.36 Å². The lowest BCUT2D eigenvalue weighted by molar-refractivity contribution is -0.144. The van der Waals surface area contributed by atoms with Crippen molar-refractivity contribution in [1.29, 1.82) is 0 Å². The van der Waals surface area contributed by atoms with Gasteiger partial charge in [-0.2, -0.15) is 0 Å². The van der Waals surface area contributed by atoms with Crippen LogP contribution in [0.2, 0.25) is 0 Å². The Balaban J connectivity index is 0.00000470. The molecule has 6 N–H and O–H groups in total. The number of nitrogens with zero attached hydrogens (tertiary/aromatic N) is 8. The number of halogens is 2. The van der Waals surface area contributed by atoms with Crippen molar-refractivity contribution in [2.75, 3.05) is 27.2 Å². The average molecular weight is 1200 g/mol. The number of likely N-dealkylation sites (tertiary alicyclic amines) is 2. The van der Waals surface area contributed by atoms with Gasteiger partial charge in [0.2, 0.25) is 35.4 Å². The van der Waals surface area contributed by atoms with E-state index >= 15 is 0 Å². The van der Waals surface area contributed by atoms with Crippen LogP contribution in [0.1, 0.15) is 132 Å². The molecule has 0 unspecified atom stereocenters. The summed E-state index contributed by atoms with van der Waals surface area (Å²) >= 11 is 0. The molecule has 2 saturated heterocycles. The summed E-state index contributed by atoms with van der Waals surface area (Å²) in [5.74, 6) is -1.96. The zero-order valence-corrected chi connectivity index (χ0v) is 51.6. The van der Waals surface area contributed by atoms with Gasteiger partial charge in [0.05, 0.1) is 47.6 Å². The smallest absolute Gasteiger partial charge is 0.246 e. The van der Waals surface area contributed by atoms with Crippen molar-refractivity contribution in [2.24, 2.45) is 10.8 Å². The van der Waals surface area contributed by atoms with Gasteiger partial charge in [0.1, 0.15) is 24.2 Å². The van der Waals surface area contributed by atoms with Crippen LogP contribution >= 0.6 is 24.8 Å². The van der Waals surface area contributed by atoms with Crippen LogP contribution < -0.4 is 31.9 Å². The fraction of sp³-hybridized carbons (Fsp3) is 0.460. The minimum absolute atomic E-state index is 0. The maximum absolute atomic E-state index is 14.9. The molecule has 0 bridgehead atoms. The standard InChI is InChI=1S/C63H78N14O6.2ClH/c1-36(64-9)56(78)68-54(62(3,4)5)60(82)74-34-40(30-50(74)58(80)66-52-46-26-15-11-22-42(46)43-23-12-16-27-47(43)52)76-32-38(70-72-76)20-19-21-39-33-77(73-71-39)41-31-51(75(35-41)61(83)55(63(6,7)8)69-57(79)37(2)65-10)59(81)67-53-48-28-17-13-24-44(48)45-25-14-18-29-49(45)53;;/h11-18,22-29,32-33,36-37,40-41,50-55,64-65H,19-21,30-31,34-35H2,1-10H3,(H,66,80)(H,67,81)(H,68,78)(H,69,79);2*1H/t36-,37-,40-,41-,50-,51-,54+,55+;;/m0../s1. The van der Waals surface area contributed by atoms with Crippen LogP contribution in [0.15, 0.2) is 109 Å². The van der Waals surface area contributed by atoms with Crippen LogP contribution in [0.25, 0.3) is 22.3 Å². The van der Waals surface area contributed by atoms with E-state index in [4.69, 9.17) is 0 Å². The highest BCUT2D eigenvalue weighted by Gasteiger charge is 2.49. The number of carbonyl (C=O) groups excluding carboxylic acids is 6. The molecule has 2 aliphatic heterocycles. The van der Waals surface area contributed by atoms with Crippen molar-refractivity contribution in [2.45, 2.75) is 148 Å². The summed E-state index contributed by atoms with van der Waals surface area (Å²) in [4.78, 5) is 89.2. The molecular weight excluding hydrogens is 1120 g/mol. The Labute approximate surface area is 509 Å². The molecule has 0 spiro atoms. The predicted octanol–water partition coefficient (Wildman–Crippen LogP) is 6.22. The first-order valence-electron chi connectivity index (χ1n) is 29.0. The van der Waals surface area contributed by atoms with Crippen LogP contribution in [-0.4, -0.2) is 139 Å². The van der Waals surface area contributed by atoms with Crippen molar-refractivity contribution < 1.29 is 28.8 Å². The zero-order chi connectivity index (χ0) is 59.1. The van der Waals surface area contributed by atoms with Gasteiger partial charge in [0.25, 0.3) is 0 Å².